The van der Waals surface area contributed by atoms with Gasteiger partial charge in [-0.15, -0.1) is 0 Å². The summed E-state index contributed by atoms with van der Waals surface area (Å²) in [6.07, 6.45) is 3.76. The Hall–Kier alpha value is -2.49. The van der Waals surface area contributed by atoms with E-state index in [4.69, 9.17) is 4.52 Å². The number of amides is 4. The van der Waals surface area contributed by atoms with Crippen LogP contribution in [0.1, 0.15) is 62.1 Å². The molecule has 1 aromatic heterocycles. The van der Waals surface area contributed by atoms with Gasteiger partial charge < -0.3 is 15.2 Å². The van der Waals surface area contributed by atoms with E-state index < -0.39 is 5.54 Å². The maximum Gasteiger partial charge on any atom is 0.325 e. The molecule has 4 amide bonds. The standard InChI is InChI=1S/C17H24N6O4/c1-17(2)15(25)23(16(26)20-17)9-8-22-7-3-4-11(22)14-19-12(21-27-14)13(24)18-10-5-6-10/h10-11H,3-9H2,1-2H3,(H,18,24)(H,20,26)/t11-/m0/s1. The lowest BCUT2D eigenvalue weighted by Gasteiger charge is -2.24. The number of likely N-dealkylation sites (tertiary alicyclic amines) is 1. The van der Waals surface area contributed by atoms with Gasteiger partial charge in [0.15, 0.2) is 0 Å². The van der Waals surface area contributed by atoms with E-state index >= 15 is 0 Å². The summed E-state index contributed by atoms with van der Waals surface area (Å²) in [7, 11) is 0. The largest absolute Gasteiger partial charge is 0.346 e. The Bertz CT molecular complexity index is 771. The summed E-state index contributed by atoms with van der Waals surface area (Å²) in [6.45, 7) is 5.01. The first kappa shape index (κ1) is 17.9. The molecule has 0 aromatic carbocycles. The van der Waals surface area contributed by atoms with Gasteiger partial charge in [-0.2, -0.15) is 4.98 Å². The summed E-state index contributed by atoms with van der Waals surface area (Å²) in [5.41, 5.74) is -0.863. The van der Waals surface area contributed by atoms with Crippen LogP contribution in [0.3, 0.4) is 0 Å². The maximum absolute atomic E-state index is 12.3. The summed E-state index contributed by atoms with van der Waals surface area (Å²) in [4.78, 5) is 44.0. The number of imide groups is 1. The van der Waals surface area contributed by atoms with Crippen LogP contribution in [0, 0.1) is 0 Å². The van der Waals surface area contributed by atoms with Gasteiger partial charge in [0, 0.05) is 19.1 Å². The van der Waals surface area contributed by atoms with E-state index in [9.17, 15) is 14.4 Å². The molecular weight excluding hydrogens is 352 g/mol. The smallest absolute Gasteiger partial charge is 0.325 e. The minimum atomic E-state index is -0.863. The average Bonchev–Trinajstić information content (AvgIpc) is 3.05. The third-order valence-electron chi connectivity index (χ3n) is 5.26. The molecule has 146 valence electrons. The Kier molecular flexibility index (Phi) is 4.37. The van der Waals surface area contributed by atoms with Crippen molar-refractivity contribution in [2.24, 2.45) is 0 Å². The fourth-order valence-corrected chi connectivity index (χ4v) is 3.56. The first-order valence-corrected chi connectivity index (χ1v) is 9.38. The molecule has 0 spiro atoms. The van der Waals surface area contributed by atoms with E-state index in [0.29, 0.717) is 19.0 Å². The molecule has 1 atom stereocenters. The van der Waals surface area contributed by atoms with E-state index in [0.717, 1.165) is 32.2 Å². The zero-order valence-corrected chi connectivity index (χ0v) is 15.5. The molecule has 1 saturated carbocycles. The Morgan fingerprint density at radius 2 is 2.07 bits per heavy atom. The summed E-state index contributed by atoms with van der Waals surface area (Å²) < 4.78 is 5.33. The minimum Gasteiger partial charge on any atom is -0.346 e. The first-order chi connectivity index (χ1) is 12.8. The van der Waals surface area contributed by atoms with Crippen LogP contribution < -0.4 is 10.6 Å². The molecule has 3 fully saturated rings. The lowest BCUT2D eigenvalue weighted by atomic mass is 10.1. The third kappa shape index (κ3) is 3.53. The van der Waals surface area contributed by atoms with Crippen LogP contribution >= 0.6 is 0 Å². The van der Waals surface area contributed by atoms with Gasteiger partial charge in [0.1, 0.15) is 5.54 Å². The molecular formula is C17H24N6O4. The molecule has 2 saturated heterocycles. The number of urea groups is 1. The highest BCUT2D eigenvalue weighted by Gasteiger charge is 2.44. The fourth-order valence-electron chi connectivity index (χ4n) is 3.56. The van der Waals surface area contributed by atoms with E-state index in [1.54, 1.807) is 13.8 Å². The van der Waals surface area contributed by atoms with Gasteiger partial charge in [-0.1, -0.05) is 5.16 Å². The van der Waals surface area contributed by atoms with Crippen molar-refractivity contribution >= 4 is 17.8 Å². The molecule has 1 aromatic rings. The zero-order chi connectivity index (χ0) is 19.2. The number of nitrogens with one attached hydrogen (secondary N) is 2. The van der Waals surface area contributed by atoms with Gasteiger partial charge in [0.25, 0.3) is 17.6 Å². The van der Waals surface area contributed by atoms with Crippen molar-refractivity contribution in [1.82, 2.24) is 30.6 Å². The van der Waals surface area contributed by atoms with Crippen molar-refractivity contribution in [1.29, 1.82) is 0 Å². The lowest BCUT2D eigenvalue weighted by Crippen LogP contribution is -2.41. The van der Waals surface area contributed by atoms with Crippen LogP contribution in [0.25, 0.3) is 0 Å². The fraction of sp³-hybridized carbons (Fsp3) is 0.706. The molecule has 10 nitrogen and oxygen atoms in total. The number of rotatable bonds is 6. The van der Waals surface area contributed by atoms with E-state index in [1.165, 1.54) is 4.90 Å². The predicted molar refractivity (Wildman–Crippen MR) is 92.7 cm³/mol. The second kappa shape index (κ2) is 6.59. The number of carbonyl (C=O) groups is 3. The van der Waals surface area contributed by atoms with E-state index in [2.05, 4.69) is 25.7 Å². The van der Waals surface area contributed by atoms with Crippen LogP contribution in [-0.4, -0.2) is 69.0 Å². The van der Waals surface area contributed by atoms with Crippen molar-refractivity contribution in [2.45, 2.75) is 57.2 Å². The van der Waals surface area contributed by atoms with Crippen LogP contribution in [0.5, 0.6) is 0 Å². The molecule has 4 rings (SSSR count). The molecule has 1 aliphatic carbocycles. The third-order valence-corrected chi connectivity index (χ3v) is 5.26. The molecule has 0 radical (unpaired) electrons. The Balaban J connectivity index is 1.38. The molecule has 2 N–H and O–H groups in total. The van der Waals surface area contributed by atoms with Crippen LogP contribution in [0.2, 0.25) is 0 Å². The van der Waals surface area contributed by atoms with Crippen LogP contribution in [0.15, 0.2) is 4.52 Å². The molecule has 10 heteroatoms. The highest BCUT2D eigenvalue weighted by molar-refractivity contribution is 6.06. The zero-order valence-electron chi connectivity index (χ0n) is 15.5. The molecule has 3 aliphatic rings. The monoisotopic (exact) mass is 376 g/mol. The number of carbonyl (C=O) groups excluding carboxylic acids is 3. The summed E-state index contributed by atoms with van der Waals surface area (Å²) >= 11 is 0. The van der Waals surface area contributed by atoms with Crippen molar-refractivity contribution < 1.29 is 18.9 Å². The summed E-state index contributed by atoms with van der Waals surface area (Å²) in [5.74, 6) is -0.0655. The van der Waals surface area contributed by atoms with Crippen molar-refractivity contribution in [3.05, 3.63) is 11.7 Å². The van der Waals surface area contributed by atoms with Gasteiger partial charge in [-0.3, -0.25) is 19.4 Å². The summed E-state index contributed by atoms with van der Waals surface area (Å²) in [5, 5.41) is 9.32. The van der Waals surface area contributed by atoms with Crippen molar-refractivity contribution in [3.63, 3.8) is 0 Å². The quantitative estimate of drug-likeness (QED) is 0.691. The van der Waals surface area contributed by atoms with Gasteiger partial charge in [-0.05, 0) is 46.1 Å². The minimum absolute atomic E-state index is 0.0552. The second-order valence-electron chi connectivity index (χ2n) is 7.91. The molecule has 0 unspecified atom stereocenters. The topological polar surface area (TPSA) is 121 Å². The highest BCUT2D eigenvalue weighted by Crippen LogP contribution is 2.31. The SMILES string of the molecule is CC1(C)NC(=O)N(CCN2CCC[C@H]2c2nc(C(=O)NC3CC3)no2)C1=O. The molecule has 0 bridgehead atoms. The average molecular weight is 376 g/mol. The van der Waals surface area contributed by atoms with E-state index in [-0.39, 0.29) is 35.8 Å². The Morgan fingerprint density at radius 1 is 1.30 bits per heavy atom. The molecule has 3 heterocycles. The highest BCUT2D eigenvalue weighted by atomic mass is 16.5. The second-order valence-corrected chi connectivity index (χ2v) is 7.91. The predicted octanol–water partition coefficient (Wildman–Crippen LogP) is 0.429. The van der Waals surface area contributed by atoms with Crippen molar-refractivity contribution in [2.75, 3.05) is 19.6 Å². The van der Waals surface area contributed by atoms with E-state index in [1.807, 2.05) is 0 Å². The number of aromatic nitrogens is 2. The van der Waals surface area contributed by atoms with Gasteiger partial charge in [0.2, 0.25) is 5.89 Å². The van der Waals surface area contributed by atoms with Crippen LogP contribution in [-0.2, 0) is 4.79 Å². The molecule has 27 heavy (non-hydrogen) atoms. The van der Waals surface area contributed by atoms with Crippen LogP contribution in [0.4, 0.5) is 4.79 Å². The number of hydrogen-bond acceptors (Lipinski definition) is 7. The number of hydrogen-bond donors (Lipinski definition) is 2. The Morgan fingerprint density at radius 3 is 2.74 bits per heavy atom. The van der Waals surface area contributed by atoms with Gasteiger partial charge in [0.05, 0.1) is 6.04 Å². The lowest BCUT2D eigenvalue weighted by molar-refractivity contribution is -0.130. The van der Waals surface area contributed by atoms with Gasteiger partial charge in [-0.25, -0.2) is 4.79 Å². The number of nitrogens with zero attached hydrogens (tertiary/aromatic N) is 4. The maximum atomic E-state index is 12.3. The van der Waals surface area contributed by atoms with Gasteiger partial charge >= 0.3 is 6.03 Å². The summed E-state index contributed by atoms with van der Waals surface area (Å²) in [6, 6.07) is -0.234. The Labute approximate surface area is 156 Å². The van der Waals surface area contributed by atoms with Crippen molar-refractivity contribution in [3.8, 4) is 0 Å². The first-order valence-electron chi connectivity index (χ1n) is 9.38. The molecule has 2 aliphatic heterocycles. The normalized spacial score (nSPS) is 25.1.